The van der Waals surface area contributed by atoms with E-state index in [2.05, 4.69) is 15.9 Å². The summed E-state index contributed by atoms with van der Waals surface area (Å²) in [5, 5.41) is 0. The number of ether oxygens (including phenoxy) is 1. The lowest BCUT2D eigenvalue weighted by molar-refractivity contribution is 0.289. The van der Waals surface area contributed by atoms with Crippen LogP contribution in [0, 0.1) is 5.82 Å². The van der Waals surface area contributed by atoms with Crippen LogP contribution in [0.1, 0.15) is 11.1 Å². The normalized spacial score (nSPS) is 10.4. The lowest BCUT2D eigenvalue weighted by Crippen LogP contribution is -2.05. The molecule has 0 saturated heterocycles. The average molecular weight is 310 g/mol. The molecule has 18 heavy (non-hydrogen) atoms. The Balaban J connectivity index is 2.11. The first-order valence-electron chi connectivity index (χ1n) is 5.55. The largest absolute Gasteiger partial charge is 0.486 e. The van der Waals surface area contributed by atoms with Crippen molar-refractivity contribution in [2.24, 2.45) is 5.73 Å². The fourth-order valence-corrected chi connectivity index (χ4v) is 1.98. The summed E-state index contributed by atoms with van der Waals surface area (Å²) in [7, 11) is 0. The van der Waals surface area contributed by atoms with Crippen molar-refractivity contribution in [1.82, 2.24) is 0 Å². The van der Waals surface area contributed by atoms with Crippen LogP contribution >= 0.6 is 15.9 Å². The topological polar surface area (TPSA) is 35.2 Å². The molecule has 2 N–H and O–H groups in total. The molecule has 2 rings (SSSR count). The number of hydrogen-bond donors (Lipinski definition) is 1. The molecule has 0 aliphatic carbocycles. The molecule has 4 heteroatoms. The lowest BCUT2D eigenvalue weighted by Gasteiger charge is -2.10. The molecule has 0 heterocycles. The Morgan fingerprint density at radius 1 is 1.11 bits per heavy atom. The molecule has 2 aromatic carbocycles. The third kappa shape index (κ3) is 3.09. The summed E-state index contributed by atoms with van der Waals surface area (Å²) in [6.07, 6.45) is 0. The van der Waals surface area contributed by atoms with Crippen molar-refractivity contribution in [3.8, 4) is 5.75 Å². The Bertz CT molecular complexity index is 545. The SMILES string of the molecule is NCc1ccccc1COc1ccc(Br)cc1F. The first-order valence-corrected chi connectivity index (χ1v) is 6.34. The van der Waals surface area contributed by atoms with E-state index in [4.69, 9.17) is 10.5 Å². The molecule has 0 aliphatic rings. The van der Waals surface area contributed by atoms with Crippen molar-refractivity contribution in [3.63, 3.8) is 0 Å². The summed E-state index contributed by atoms with van der Waals surface area (Å²) in [4.78, 5) is 0. The van der Waals surface area contributed by atoms with Crippen LogP contribution in [0.4, 0.5) is 4.39 Å². The summed E-state index contributed by atoms with van der Waals surface area (Å²) in [5.74, 6) is -0.139. The number of nitrogens with two attached hydrogens (primary N) is 1. The molecule has 0 aromatic heterocycles. The Kier molecular flexibility index (Phi) is 4.33. The van der Waals surface area contributed by atoms with Gasteiger partial charge in [0.05, 0.1) is 0 Å². The Morgan fingerprint density at radius 3 is 2.50 bits per heavy atom. The van der Waals surface area contributed by atoms with Crippen LogP contribution in [0.5, 0.6) is 5.75 Å². The van der Waals surface area contributed by atoms with Crippen molar-refractivity contribution in [2.75, 3.05) is 0 Å². The minimum atomic E-state index is -0.380. The van der Waals surface area contributed by atoms with Crippen LogP contribution in [0.2, 0.25) is 0 Å². The van der Waals surface area contributed by atoms with Gasteiger partial charge in [0.25, 0.3) is 0 Å². The minimum Gasteiger partial charge on any atom is -0.486 e. The van der Waals surface area contributed by atoms with Crippen LogP contribution in [0.25, 0.3) is 0 Å². The smallest absolute Gasteiger partial charge is 0.166 e. The highest BCUT2D eigenvalue weighted by atomic mass is 79.9. The first kappa shape index (κ1) is 13.1. The van der Waals surface area contributed by atoms with E-state index in [1.54, 1.807) is 12.1 Å². The van der Waals surface area contributed by atoms with E-state index in [1.807, 2.05) is 24.3 Å². The van der Waals surface area contributed by atoms with E-state index in [9.17, 15) is 4.39 Å². The lowest BCUT2D eigenvalue weighted by atomic mass is 10.1. The van der Waals surface area contributed by atoms with Gasteiger partial charge in [0.1, 0.15) is 6.61 Å². The molecule has 0 bridgehead atoms. The molecule has 0 radical (unpaired) electrons. The molecule has 0 fully saturated rings. The fraction of sp³-hybridized carbons (Fsp3) is 0.143. The summed E-state index contributed by atoms with van der Waals surface area (Å²) >= 11 is 3.20. The van der Waals surface area contributed by atoms with Crippen LogP contribution in [0.15, 0.2) is 46.9 Å². The highest BCUT2D eigenvalue weighted by Crippen LogP contribution is 2.22. The number of hydrogen-bond acceptors (Lipinski definition) is 2. The highest BCUT2D eigenvalue weighted by molar-refractivity contribution is 9.10. The molecular formula is C14H13BrFNO. The molecule has 0 unspecified atom stereocenters. The Hall–Kier alpha value is -1.39. The number of halogens is 2. The van der Waals surface area contributed by atoms with Gasteiger partial charge in [-0.1, -0.05) is 40.2 Å². The molecule has 2 nitrogen and oxygen atoms in total. The highest BCUT2D eigenvalue weighted by Gasteiger charge is 2.05. The zero-order chi connectivity index (χ0) is 13.0. The third-order valence-electron chi connectivity index (χ3n) is 2.62. The van der Waals surface area contributed by atoms with Gasteiger partial charge in [-0.15, -0.1) is 0 Å². The van der Waals surface area contributed by atoms with Gasteiger partial charge in [0.2, 0.25) is 0 Å². The zero-order valence-corrected chi connectivity index (χ0v) is 11.3. The van der Waals surface area contributed by atoms with E-state index in [0.29, 0.717) is 17.6 Å². The Morgan fingerprint density at radius 2 is 1.83 bits per heavy atom. The van der Waals surface area contributed by atoms with Gasteiger partial charge in [-0.25, -0.2) is 4.39 Å². The maximum absolute atomic E-state index is 13.6. The zero-order valence-electron chi connectivity index (χ0n) is 9.70. The van der Waals surface area contributed by atoms with Gasteiger partial charge in [0.15, 0.2) is 11.6 Å². The van der Waals surface area contributed by atoms with Gasteiger partial charge in [-0.2, -0.15) is 0 Å². The summed E-state index contributed by atoms with van der Waals surface area (Å²) in [6, 6.07) is 12.4. The fourth-order valence-electron chi connectivity index (χ4n) is 1.65. The molecule has 94 valence electrons. The maximum Gasteiger partial charge on any atom is 0.166 e. The van der Waals surface area contributed by atoms with Crippen molar-refractivity contribution in [3.05, 3.63) is 63.9 Å². The van der Waals surface area contributed by atoms with Crippen molar-refractivity contribution in [2.45, 2.75) is 13.2 Å². The van der Waals surface area contributed by atoms with Crippen molar-refractivity contribution in [1.29, 1.82) is 0 Å². The molecule has 0 spiro atoms. The maximum atomic E-state index is 13.6. The standard InChI is InChI=1S/C14H13BrFNO/c15-12-5-6-14(13(16)7-12)18-9-11-4-2-1-3-10(11)8-17/h1-7H,8-9,17H2. The molecular weight excluding hydrogens is 297 g/mol. The summed E-state index contributed by atoms with van der Waals surface area (Å²) in [5.41, 5.74) is 7.62. The Labute approximate surface area is 114 Å². The van der Waals surface area contributed by atoms with E-state index in [-0.39, 0.29) is 11.6 Å². The van der Waals surface area contributed by atoms with E-state index >= 15 is 0 Å². The van der Waals surface area contributed by atoms with Crippen LogP contribution in [0.3, 0.4) is 0 Å². The van der Waals surface area contributed by atoms with Crippen LogP contribution in [-0.4, -0.2) is 0 Å². The number of rotatable bonds is 4. The molecule has 0 atom stereocenters. The second kappa shape index (κ2) is 5.98. The molecule has 0 amide bonds. The van der Waals surface area contributed by atoms with Gasteiger partial charge >= 0.3 is 0 Å². The third-order valence-corrected chi connectivity index (χ3v) is 3.11. The summed E-state index contributed by atoms with van der Waals surface area (Å²) in [6.45, 7) is 0.758. The van der Waals surface area contributed by atoms with Crippen molar-refractivity contribution >= 4 is 15.9 Å². The van der Waals surface area contributed by atoms with Gasteiger partial charge in [0, 0.05) is 11.0 Å². The monoisotopic (exact) mass is 309 g/mol. The quantitative estimate of drug-likeness (QED) is 0.936. The van der Waals surface area contributed by atoms with E-state index in [1.165, 1.54) is 6.07 Å². The van der Waals surface area contributed by atoms with Gasteiger partial charge in [-0.05, 0) is 29.3 Å². The van der Waals surface area contributed by atoms with Gasteiger partial charge < -0.3 is 10.5 Å². The van der Waals surface area contributed by atoms with Gasteiger partial charge in [-0.3, -0.25) is 0 Å². The predicted octanol–water partition coefficient (Wildman–Crippen LogP) is 3.63. The molecule has 0 saturated carbocycles. The second-order valence-corrected chi connectivity index (χ2v) is 4.75. The molecule has 0 aliphatic heterocycles. The minimum absolute atomic E-state index is 0.241. The number of benzene rings is 2. The van der Waals surface area contributed by atoms with Crippen LogP contribution in [-0.2, 0) is 13.2 Å². The molecule has 2 aromatic rings. The van der Waals surface area contributed by atoms with E-state index in [0.717, 1.165) is 11.1 Å². The average Bonchev–Trinajstić information content (AvgIpc) is 2.38. The first-order chi connectivity index (χ1) is 8.70. The summed E-state index contributed by atoms with van der Waals surface area (Å²) < 4.78 is 19.7. The van der Waals surface area contributed by atoms with E-state index < -0.39 is 0 Å². The van der Waals surface area contributed by atoms with Crippen LogP contribution < -0.4 is 10.5 Å². The predicted molar refractivity (Wildman–Crippen MR) is 72.8 cm³/mol. The second-order valence-electron chi connectivity index (χ2n) is 3.84. The van der Waals surface area contributed by atoms with Crippen molar-refractivity contribution < 1.29 is 9.13 Å².